The fraction of sp³-hybridized carbons (Fsp3) is 0.0952. The summed E-state index contributed by atoms with van der Waals surface area (Å²) in [5.74, 6) is -0.295. The molecule has 0 radical (unpaired) electrons. The number of rotatable bonds is 3. The Morgan fingerprint density at radius 3 is 2.38 bits per heavy atom. The van der Waals surface area contributed by atoms with Crippen LogP contribution in [0.4, 0.5) is 13.2 Å². The van der Waals surface area contributed by atoms with E-state index < -0.39 is 6.36 Å². The number of hydrogen-bond donors (Lipinski definition) is 0. The van der Waals surface area contributed by atoms with E-state index >= 15 is 0 Å². The Labute approximate surface area is 162 Å². The molecular weight excluding hydrogens is 381 g/mol. The van der Waals surface area contributed by atoms with Gasteiger partial charge >= 0.3 is 6.36 Å². The van der Waals surface area contributed by atoms with E-state index in [9.17, 15) is 13.2 Å². The highest BCUT2D eigenvalue weighted by Gasteiger charge is 2.31. The molecule has 0 amide bonds. The van der Waals surface area contributed by atoms with Crippen LogP contribution in [0.3, 0.4) is 0 Å². The second kappa shape index (κ2) is 6.44. The Kier molecular flexibility index (Phi) is 3.87. The van der Waals surface area contributed by atoms with Gasteiger partial charge in [-0.2, -0.15) is 0 Å². The van der Waals surface area contributed by atoms with Crippen LogP contribution in [0.2, 0.25) is 0 Å². The van der Waals surface area contributed by atoms with Crippen molar-refractivity contribution in [3.63, 3.8) is 0 Å². The second-order valence-corrected chi connectivity index (χ2v) is 6.52. The average molecular weight is 394 g/mol. The molecule has 0 atom stereocenters. The molecule has 0 bridgehead atoms. The van der Waals surface area contributed by atoms with Gasteiger partial charge in [-0.15, -0.1) is 13.2 Å². The fourth-order valence-corrected chi connectivity index (χ4v) is 3.42. The first-order valence-corrected chi connectivity index (χ1v) is 8.82. The zero-order chi connectivity index (χ0) is 20.0. The molecule has 0 saturated heterocycles. The Bertz CT molecular complexity index is 1350. The molecule has 5 rings (SSSR count). The van der Waals surface area contributed by atoms with Gasteiger partial charge in [-0.1, -0.05) is 18.2 Å². The van der Waals surface area contributed by atoms with E-state index in [-0.39, 0.29) is 5.75 Å². The lowest BCUT2D eigenvalue weighted by molar-refractivity contribution is -0.274. The Hall–Kier alpha value is -3.68. The maximum absolute atomic E-state index is 12.7. The molecule has 0 aliphatic heterocycles. The summed E-state index contributed by atoms with van der Waals surface area (Å²) >= 11 is 0. The van der Waals surface area contributed by atoms with Crippen LogP contribution in [-0.4, -0.2) is 25.9 Å². The summed E-state index contributed by atoms with van der Waals surface area (Å²) in [7, 11) is 0. The molecule has 8 heteroatoms. The zero-order valence-corrected chi connectivity index (χ0v) is 14.9. The first kappa shape index (κ1) is 17.4. The number of halogens is 3. The van der Waals surface area contributed by atoms with Crippen LogP contribution in [0.15, 0.2) is 66.9 Å². The minimum absolute atomic E-state index is 0.295. The van der Waals surface area contributed by atoms with E-state index in [1.54, 1.807) is 12.3 Å². The Morgan fingerprint density at radius 1 is 0.897 bits per heavy atom. The number of ether oxygens (including phenoxy) is 1. The third kappa shape index (κ3) is 3.22. The number of benzene rings is 2. The molecule has 144 valence electrons. The summed E-state index contributed by atoms with van der Waals surface area (Å²) in [4.78, 5) is 13.7. The molecular formula is C21H13F3N4O. The molecule has 3 aromatic heterocycles. The summed E-state index contributed by atoms with van der Waals surface area (Å²) in [5, 5.41) is 0.538. The maximum Gasteiger partial charge on any atom is 0.573 e. The van der Waals surface area contributed by atoms with E-state index in [0.717, 1.165) is 5.69 Å². The first-order valence-electron chi connectivity index (χ1n) is 8.82. The third-order valence-electron chi connectivity index (χ3n) is 4.60. The van der Waals surface area contributed by atoms with Gasteiger partial charge in [0, 0.05) is 11.6 Å². The van der Waals surface area contributed by atoms with Gasteiger partial charge in [0.05, 0.1) is 28.8 Å². The van der Waals surface area contributed by atoms with Crippen molar-refractivity contribution in [2.45, 2.75) is 12.9 Å². The highest BCUT2D eigenvalue weighted by Crippen LogP contribution is 2.33. The predicted octanol–water partition coefficient (Wildman–Crippen LogP) is 5.08. The lowest BCUT2D eigenvalue weighted by Gasteiger charge is -2.09. The van der Waals surface area contributed by atoms with Crippen LogP contribution >= 0.6 is 0 Å². The lowest BCUT2D eigenvalue weighted by Crippen LogP contribution is -2.17. The number of aromatic nitrogens is 4. The molecule has 5 aromatic rings. The zero-order valence-electron chi connectivity index (χ0n) is 14.9. The summed E-state index contributed by atoms with van der Waals surface area (Å²) in [6.07, 6.45) is -3.07. The first-order chi connectivity index (χ1) is 14.0. The van der Waals surface area contributed by atoms with Crippen molar-refractivity contribution in [3.05, 3.63) is 72.6 Å². The molecule has 5 nitrogen and oxygen atoms in total. The van der Waals surface area contributed by atoms with Crippen LogP contribution < -0.4 is 4.74 Å². The minimum Gasteiger partial charge on any atom is -0.406 e. The van der Waals surface area contributed by atoms with E-state index in [1.165, 1.54) is 12.1 Å². The lowest BCUT2D eigenvalue weighted by atomic mass is 10.2. The topological polar surface area (TPSA) is 52.8 Å². The number of nitrogens with zero attached hydrogens (tertiary/aromatic N) is 4. The van der Waals surface area contributed by atoms with Crippen molar-refractivity contribution < 1.29 is 17.9 Å². The Balaban J connectivity index is 1.79. The van der Waals surface area contributed by atoms with E-state index in [0.29, 0.717) is 39.6 Å². The standard InChI is InChI=1S/C21H13F3N4O/c22-21(23,24)29-14-8-9-18-15(11-14)19-20(27-17-7-2-1-6-16(17)26-19)28(18)12-13-5-3-4-10-25-13/h1-11H,12H2. The normalized spacial score (nSPS) is 12.1. The number of fused-ring (bicyclic) bond motifs is 4. The monoisotopic (exact) mass is 394 g/mol. The van der Waals surface area contributed by atoms with E-state index in [4.69, 9.17) is 4.98 Å². The van der Waals surface area contributed by atoms with Gasteiger partial charge in [0.25, 0.3) is 0 Å². The SMILES string of the molecule is FC(F)(F)Oc1ccc2c(c1)c1nc3ccccc3nc1n2Cc1ccccn1. The van der Waals surface area contributed by atoms with Gasteiger partial charge in [-0.05, 0) is 42.5 Å². The fourth-order valence-electron chi connectivity index (χ4n) is 3.42. The van der Waals surface area contributed by atoms with Gasteiger partial charge < -0.3 is 9.30 Å². The predicted molar refractivity (Wildman–Crippen MR) is 103 cm³/mol. The molecule has 0 N–H and O–H groups in total. The molecule has 29 heavy (non-hydrogen) atoms. The van der Waals surface area contributed by atoms with Gasteiger partial charge in [0.1, 0.15) is 11.3 Å². The molecule has 3 heterocycles. The molecule has 0 saturated carbocycles. The van der Waals surface area contributed by atoms with Crippen LogP contribution in [-0.2, 0) is 6.54 Å². The molecule has 0 aliphatic carbocycles. The van der Waals surface area contributed by atoms with Crippen molar-refractivity contribution in [1.29, 1.82) is 0 Å². The highest BCUT2D eigenvalue weighted by molar-refractivity contribution is 6.07. The van der Waals surface area contributed by atoms with Crippen molar-refractivity contribution in [2.75, 3.05) is 0 Å². The van der Waals surface area contributed by atoms with Crippen LogP contribution in [0.25, 0.3) is 33.1 Å². The van der Waals surface area contributed by atoms with E-state index in [2.05, 4.69) is 14.7 Å². The summed E-state index contributed by atoms with van der Waals surface area (Å²) in [6, 6.07) is 17.2. The highest BCUT2D eigenvalue weighted by atomic mass is 19.4. The van der Waals surface area contributed by atoms with Gasteiger partial charge in [-0.3, -0.25) is 4.98 Å². The third-order valence-corrected chi connectivity index (χ3v) is 4.60. The van der Waals surface area contributed by atoms with Crippen molar-refractivity contribution in [1.82, 2.24) is 19.5 Å². The smallest absolute Gasteiger partial charge is 0.406 e. The molecule has 0 spiro atoms. The van der Waals surface area contributed by atoms with Crippen molar-refractivity contribution >= 4 is 33.1 Å². The van der Waals surface area contributed by atoms with Crippen LogP contribution in [0, 0.1) is 0 Å². The summed E-state index contributed by atoms with van der Waals surface area (Å²) in [6.45, 7) is 0.410. The van der Waals surface area contributed by atoms with Crippen LogP contribution in [0.1, 0.15) is 5.69 Å². The van der Waals surface area contributed by atoms with Crippen molar-refractivity contribution in [3.8, 4) is 5.75 Å². The number of hydrogen-bond acceptors (Lipinski definition) is 4. The number of pyridine rings is 1. The van der Waals surface area contributed by atoms with Gasteiger partial charge in [-0.25, -0.2) is 9.97 Å². The summed E-state index contributed by atoms with van der Waals surface area (Å²) in [5.41, 5.74) is 3.97. The Morgan fingerprint density at radius 2 is 1.66 bits per heavy atom. The minimum atomic E-state index is -4.77. The summed E-state index contributed by atoms with van der Waals surface area (Å²) < 4.78 is 44.1. The average Bonchev–Trinajstić information content (AvgIpc) is 2.98. The molecule has 0 unspecified atom stereocenters. The molecule has 0 fully saturated rings. The molecule has 2 aromatic carbocycles. The number of alkyl halides is 3. The van der Waals surface area contributed by atoms with E-state index in [1.807, 2.05) is 47.0 Å². The largest absolute Gasteiger partial charge is 0.573 e. The van der Waals surface area contributed by atoms with Crippen LogP contribution in [0.5, 0.6) is 5.75 Å². The van der Waals surface area contributed by atoms with Gasteiger partial charge in [0.2, 0.25) is 0 Å². The molecule has 0 aliphatic rings. The number of para-hydroxylation sites is 2. The van der Waals surface area contributed by atoms with Gasteiger partial charge in [0.15, 0.2) is 5.65 Å². The maximum atomic E-state index is 12.7. The van der Waals surface area contributed by atoms with Crippen molar-refractivity contribution in [2.24, 2.45) is 0 Å². The second-order valence-electron chi connectivity index (χ2n) is 6.52. The quantitative estimate of drug-likeness (QED) is 0.428.